The van der Waals surface area contributed by atoms with Crippen molar-refractivity contribution in [3.8, 4) is 22.3 Å². The van der Waals surface area contributed by atoms with Gasteiger partial charge in [-0.3, -0.25) is 9.97 Å². The Bertz CT molecular complexity index is 2340. The quantitative estimate of drug-likeness (QED) is 0.131. The summed E-state index contributed by atoms with van der Waals surface area (Å²) in [6.45, 7) is 6.47. The van der Waals surface area contributed by atoms with Crippen molar-refractivity contribution in [3.05, 3.63) is 175 Å². The minimum absolute atomic E-state index is 0.826. The van der Waals surface area contributed by atoms with Gasteiger partial charge in [0.25, 0.3) is 0 Å². The number of aryl methyl sites for hydroxylation is 2. The van der Waals surface area contributed by atoms with Crippen molar-refractivity contribution >= 4 is 75.1 Å². The van der Waals surface area contributed by atoms with E-state index in [9.17, 15) is 0 Å². The maximum atomic E-state index is 4.93. The minimum atomic E-state index is -0.826. The molecule has 0 aliphatic carbocycles. The maximum absolute atomic E-state index is 4.93. The zero-order chi connectivity index (χ0) is 35.6. The number of nitrogens with zero attached hydrogens (tertiary/aromatic N) is 2. The normalized spacial score (nSPS) is 10.5. The van der Waals surface area contributed by atoms with Crippen LogP contribution in [-0.2, 0) is 20.8 Å². The van der Waals surface area contributed by atoms with Crippen LogP contribution in [0.5, 0.6) is 0 Å². The molecular formula is C45H36Cl2N2SiZr. The molecule has 0 spiro atoms. The van der Waals surface area contributed by atoms with E-state index in [0.29, 0.717) is 0 Å². The van der Waals surface area contributed by atoms with Crippen LogP contribution in [0, 0.1) is 13.8 Å². The van der Waals surface area contributed by atoms with Gasteiger partial charge in [0.2, 0.25) is 0 Å². The molecule has 9 aromatic rings. The van der Waals surface area contributed by atoms with Gasteiger partial charge in [0.1, 0.15) is 0 Å². The van der Waals surface area contributed by atoms with Crippen LogP contribution < -0.4 is 5.19 Å². The van der Waals surface area contributed by atoms with Gasteiger partial charge in [0.15, 0.2) is 0 Å². The third-order valence-electron chi connectivity index (χ3n) is 8.66. The van der Waals surface area contributed by atoms with Crippen LogP contribution in [0.1, 0.15) is 11.1 Å². The molecule has 0 amide bonds. The Kier molecular flexibility index (Phi) is 12.8. The van der Waals surface area contributed by atoms with Crippen LogP contribution in [0.25, 0.3) is 65.6 Å². The average molecular weight is 795 g/mol. The molecule has 0 aliphatic rings. The molecule has 0 atom stereocenters. The average Bonchev–Trinajstić information content (AvgIpc) is 3.75. The van der Waals surface area contributed by atoms with Crippen molar-refractivity contribution in [3.63, 3.8) is 0 Å². The number of benzene rings is 5. The van der Waals surface area contributed by atoms with Crippen molar-refractivity contribution in [1.29, 1.82) is 0 Å². The summed E-state index contributed by atoms with van der Waals surface area (Å²) in [7, 11) is 10.8. The molecule has 0 bridgehead atoms. The molecule has 2 nitrogen and oxygen atoms in total. The van der Waals surface area contributed by atoms with E-state index in [4.69, 9.17) is 17.0 Å². The summed E-state index contributed by atoms with van der Waals surface area (Å²) in [6.07, 6.45) is 3.72. The Morgan fingerprint density at radius 2 is 0.961 bits per heavy atom. The van der Waals surface area contributed by atoms with E-state index in [0.717, 1.165) is 20.6 Å². The molecule has 0 N–H and O–H groups in total. The topological polar surface area (TPSA) is 25.8 Å². The third-order valence-corrected chi connectivity index (χ3v) is 9.57. The van der Waals surface area contributed by atoms with Gasteiger partial charge in [-0.05, 0) is 23.3 Å². The molecule has 0 fully saturated rings. The number of halogens is 2. The number of hydrogen-bond donors (Lipinski definition) is 0. The third kappa shape index (κ3) is 9.19. The van der Waals surface area contributed by atoms with Gasteiger partial charge >= 0.3 is 37.9 Å². The first-order valence-electron chi connectivity index (χ1n) is 16.7. The molecule has 2 aromatic heterocycles. The van der Waals surface area contributed by atoms with Gasteiger partial charge in [-0.15, -0.1) is 69.1 Å². The molecule has 7 aromatic carbocycles. The summed E-state index contributed by atoms with van der Waals surface area (Å²) >= 11 is -0.826. The Balaban J connectivity index is 0.000000137. The molecule has 2 radical (unpaired) electrons. The predicted molar refractivity (Wildman–Crippen MR) is 219 cm³/mol. The standard InChI is InChI=1S/2C19H14N.C7H8Si.2ClH.Zr/c2*1-13-10-15-7-8-16(12-17(15)11-13)18-6-2-4-14-5-3-9-20-19(14)18;1-8-7-5-3-2-4-6-7;;;/h2*2-12H,1H3;2-6H,1H3;2*1H;/q2*-1;;;;+4/p-2. The summed E-state index contributed by atoms with van der Waals surface area (Å²) in [6, 6.07) is 53.6. The molecule has 51 heavy (non-hydrogen) atoms. The van der Waals surface area contributed by atoms with Crippen molar-refractivity contribution in [1.82, 2.24) is 9.97 Å². The summed E-state index contributed by atoms with van der Waals surface area (Å²) in [4.78, 5) is 9.09. The Labute approximate surface area is 321 Å². The summed E-state index contributed by atoms with van der Waals surface area (Å²) in [5, 5.41) is 9.01. The summed E-state index contributed by atoms with van der Waals surface area (Å²) in [5.41, 5.74) is 9.61. The number of para-hydroxylation sites is 2. The molecule has 0 unspecified atom stereocenters. The van der Waals surface area contributed by atoms with Gasteiger partial charge < -0.3 is 0 Å². The Morgan fingerprint density at radius 1 is 0.510 bits per heavy atom. The first-order chi connectivity index (χ1) is 25.0. The number of pyridine rings is 2. The van der Waals surface area contributed by atoms with E-state index in [-0.39, 0.29) is 0 Å². The summed E-state index contributed by atoms with van der Waals surface area (Å²) in [5.74, 6) is 0. The molecule has 0 saturated carbocycles. The van der Waals surface area contributed by atoms with Gasteiger partial charge in [-0.25, -0.2) is 0 Å². The zero-order valence-electron chi connectivity index (χ0n) is 28.7. The van der Waals surface area contributed by atoms with Crippen molar-refractivity contribution < 1.29 is 20.8 Å². The monoisotopic (exact) mass is 792 g/mol. The molecular weight excluding hydrogens is 759 g/mol. The first kappa shape index (κ1) is 36.6. The second-order valence-electron chi connectivity index (χ2n) is 12.2. The van der Waals surface area contributed by atoms with Gasteiger partial charge in [0.05, 0.1) is 20.6 Å². The second-order valence-corrected chi connectivity index (χ2v) is 17.0. The fourth-order valence-corrected chi connectivity index (χ4v) is 6.87. The van der Waals surface area contributed by atoms with Crippen molar-refractivity contribution in [2.24, 2.45) is 0 Å². The zero-order valence-corrected chi connectivity index (χ0v) is 33.7. The van der Waals surface area contributed by atoms with Crippen LogP contribution in [-0.4, -0.2) is 19.5 Å². The van der Waals surface area contributed by atoms with Crippen molar-refractivity contribution in [2.75, 3.05) is 0 Å². The van der Waals surface area contributed by atoms with Gasteiger partial charge in [0, 0.05) is 23.2 Å². The fourth-order valence-electron chi connectivity index (χ4n) is 6.34. The first-order valence-corrected chi connectivity index (χ1v) is 24.5. The van der Waals surface area contributed by atoms with E-state index in [1.807, 2.05) is 30.6 Å². The molecule has 0 aliphatic heterocycles. The predicted octanol–water partition coefficient (Wildman–Crippen LogP) is 12.6. The summed E-state index contributed by atoms with van der Waals surface area (Å²) < 4.78 is 0. The SMILES string of the molecule is C[Si]c1ccccc1.Cc1cc2ccc(-c3cccc4cccnc34)cc2[cH-]1.Cc1cc2ccc(-c3cccc4cccnc34)cc2[cH-]1.[Cl][Zr+2][Cl]. The van der Waals surface area contributed by atoms with Gasteiger partial charge in [-0.2, -0.15) is 12.1 Å². The van der Waals surface area contributed by atoms with E-state index >= 15 is 0 Å². The fraction of sp³-hybridized carbons (Fsp3) is 0.0667. The van der Waals surface area contributed by atoms with Crippen LogP contribution in [0.15, 0.2) is 164 Å². The van der Waals surface area contributed by atoms with E-state index in [2.05, 4.69) is 164 Å². The van der Waals surface area contributed by atoms with Crippen LogP contribution in [0.2, 0.25) is 6.55 Å². The number of rotatable bonds is 3. The van der Waals surface area contributed by atoms with Crippen LogP contribution in [0.4, 0.5) is 0 Å². The number of hydrogen-bond acceptors (Lipinski definition) is 2. The van der Waals surface area contributed by atoms with E-state index < -0.39 is 20.8 Å². The van der Waals surface area contributed by atoms with Crippen LogP contribution in [0.3, 0.4) is 0 Å². The molecule has 248 valence electrons. The Hall–Kier alpha value is -4.18. The Morgan fingerprint density at radius 3 is 1.39 bits per heavy atom. The molecule has 6 heteroatoms. The molecule has 0 saturated heterocycles. The number of aromatic nitrogens is 2. The molecule has 9 rings (SSSR count). The number of fused-ring (bicyclic) bond motifs is 4. The van der Waals surface area contributed by atoms with Crippen molar-refractivity contribution in [2.45, 2.75) is 20.4 Å². The molecule has 2 heterocycles. The van der Waals surface area contributed by atoms with E-state index in [1.54, 1.807) is 0 Å². The van der Waals surface area contributed by atoms with Gasteiger partial charge in [-0.1, -0.05) is 128 Å². The van der Waals surface area contributed by atoms with Crippen LogP contribution >= 0.6 is 17.0 Å². The second kappa shape index (κ2) is 17.8. The van der Waals surface area contributed by atoms with E-state index in [1.165, 1.54) is 70.9 Å².